The van der Waals surface area contributed by atoms with Gasteiger partial charge in [0.2, 0.25) is 0 Å². The fourth-order valence-corrected chi connectivity index (χ4v) is 2.57. The van der Waals surface area contributed by atoms with Gasteiger partial charge in [0.25, 0.3) is 0 Å². The molecule has 0 atom stereocenters. The molecule has 1 fully saturated rings. The first kappa shape index (κ1) is 14.2. The van der Waals surface area contributed by atoms with Crippen LogP contribution in [0.25, 0.3) is 0 Å². The third-order valence-electron chi connectivity index (χ3n) is 3.71. The topological polar surface area (TPSA) is 53.7 Å². The number of ether oxygens (including phenoxy) is 3. The minimum Gasteiger partial charge on any atom is -0.493 e. The minimum atomic E-state index is -0.107. The minimum absolute atomic E-state index is 0.107. The second-order valence-electron chi connectivity index (χ2n) is 4.94. The lowest BCUT2D eigenvalue weighted by atomic mass is 10.0. The van der Waals surface area contributed by atoms with Crippen molar-refractivity contribution in [3.05, 3.63) is 24.3 Å². The first-order chi connectivity index (χ1) is 9.29. The summed E-state index contributed by atoms with van der Waals surface area (Å²) >= 11 is 0. The second kappa shape index (κ2) is 6.78. The van der Waals surface area contributed by atoms with E-state index in [4.69, 9.17) is 19.9 Å². The fourth-order valence-electron chi connectivity index (χ4n) is 2.57. The molecule has 0 aromatic heterocycles. The summed E-state index contributed by atoms with van der Waals surface area (Å²) in [7, 11) is 1.64. The van der Waals surface area contributed by atoms with Gasteiger partial charge in [-0.2, -0.15) is 0 Å². The van der Waals surface area contributed by atoms with Crippen molar-refractivity contribution < 1.29 is 14.2 Å². The Morgan fingerprint density at radius 3 is 2.42 bits per heavy atom. The van der Waals surface area contributed by atoms with Gasteiger partial charge in [-0.05, 0) is 25.0 Å². The quantitative estimate of drug-likeness (QED) is 0.769. The fraction of sp³-hybridized carbons (Fsp3) is 0.600. The van der Waals surface area contributed by atoms with E-state index in [1.165, 1.54) is 12.8 Å². The molecular formula is C15H23NO3. The first-order valence-electron chi connectivity index (χ1n) is 6.89. The van der Waals surface area contributed by atoms with Crippen molar-refractivity contribution in [3.8, 4) is 11.5 Å². The summed E-state index contributed by atoms with van der Waals surface area (Å²) in [6.45, 7) is 1.68. The van der Waals surface area contributed by atoms with Crippen LogP contribution in [0.3, 0.4) is 0 Å². The van der Waals surface area contributed by atoms with Crippen LogP contribution in [0.2, 0.25) is 0 Å². The van der Waals surface area contributed by atoms with E-state index in [0.717, 1.165) is 24.3 Å². The molecule has 0 aliphatic heterocycles. The maximum atomic E-state index is 5.94. The predicted molar refractivity (Wildman–Crippen MR) is 74.7 cm³/mol. The van der Waals surface area contributed by atoms with Crippen molar-refractivity contribution in [1.29, 1.82) is 0 Å². The number of para-hydroxylation sites is 2. The summed E-state index contributed by atoms with van der Waals surface area (Å²) in [5.41, 5.74) is 5.71. The number of methoxy groups -OCH3 is 1. The van der Waals surface area contributed by atoms with Crippen molar-refractivity contribution in [1.82, 2.24) is 0 Å². The zero-order valence-corrected chi connectivity index (χ0v) is 11.6. The van der Waals surface area contributed by atoms with Crippen LogP contribution < -0.4 is 15.2 Å². The van der Waals surface area contributed by atoms with E-state index < -0.39 is 0 Å². The van der Waals surface area contributed by atoms with Crippen molar-refractivity contribution in [3.63, 3.8) is 0 Å². The summed E-state index contributed by atoms with van der Waals surface area (Å²) < 4.78 is 16.9. The summed E-state index contributed by atoms with van der Waals surface area (Å²) in [6.07, 6.45) is 4.56. The third-order valence-corrected chi connectivity index (χ3v) is 3.71. The molecule has 0 spiro atoms. The number of hydrogen-bond donors (Lipinski definition) is 1. The molecule has 1 saturated carbocycles. The van der Waals surface area contributed by atoms with Gasteiger partial charge in [0.05, 0.1) is 19.3 Å². The van der Waals surface area contributed by atoms with Crippen molar-refractivity contribution in [2.45, 2.75) is 31.3 Å². The van der Waals surface area contributed by atoms with Gasteiger partial charge in [-0.15, -0.1) is 0 Å². The molecule has 19 heavy (non-hydrogen) atoms. The highest BCUT2D eigenvalue weighted by Gasteiger charge is 2.33. The van der Waals surface area contributed by atoms with E-state index in [1.54, 1.807) is 7.11 Å². The maximum Gasteiger partial charge on any atom is 0.161 e. The Balaban J connectivity index is 1.77. The number of nitrogens with two attached hydrogens (primary N) is 1. The van der Waals surface area contributed by atoms with Crippen LogP contribution in [0.4, 0.5) is 0 Å². The molecule has 1 aliphatic carbocycles. The first-order valence-corrected chi connectivity index (χ1v) is 6.89. The normalized spacial score (nSPS) is 17.4. The Hall–Kier alpha value is -1.26. The average molecular weight is 265 g/mol. The van der Waals surface area contributed by atoms with Crippen molar-refractivity contribution >= 4 is 0 Å². The zero-order chi connectivity index (χ0) is 13.6. The lowest BCUT2D eigenvalue weighted by Crippen LogP contribution is -2.38. The Morgan fingerprint density at radius 1 is 1.11 bits per heavy atom. The van der Waals surface area contributed by atoms with E-state index in [-0.39, 0.29) is 5.60 Å². The van der Waals surface area contributed by atoms with Crippen LogP contribution in [0.15, 0.2) is 24.3 Å². The largest absolute Gasteiger partial charge is 0.493 e. The third kappa shape index (κ3) is 3.61. The van der Waals surface area contributed by atoms with Crippen LogP contribution in [-0.4, -0.2) is 32.5 Å². The lowest BCUT2D eigenvalue weighted by Gasteiger charge is -2.27. The molecule has 0 unspecified atom stereocenters. The van der Waals surface area contributed by atoms with Crippen LogP contribution in [-0.2, 0) is 4.74 Å². The zero-order valence-electron chi connectivity index (χ0n) is 11.6. The molecule has 2 N–H and O–H groups in total. The standard InChI is InChI=1S/C15H23NO3/c1-17-13-6-2-3-7-14(13)18-10-11-19-15(12-16)8-4-5-9-15/h2-3,6-7H,4-5,8-12,16H2,1H3. The number of rotatable bonds is 7. The Kier molecular flexibility index (Phi) is 5.05. The molecule has 0 amide bonds. The molecular weight excluding hydrogens is 242 g/mol. The number of benzene rings is 1. The molecule has 1 aromatic rings. The molecule has 0 saturated heterocycles. The van der Waals surface area contributed by atoms with Gasteiger partial charge < -0.3 is 19.9 Å². The van der Waals surface area contributed by atoms with E-state index in [2.05, 4.69) is 0 Å². The van der Waals surface area contributed by atoms with Crippen LogP contribution in [0.1, 0.15) is 25.7 Å². The molecule has 106 valence electrons. The second-order valence-corrected chi connectivity index (χ2v) is 4.94. The van der Waals surface area contributed by atoms with Crippen LogP contribution >= 0.6 is 0 Å². The molecule has 0 bridgehead atoms. The monoisotopic (exact) mass is 265 g/mol. The molecule has 2 rings (SSSR count). The molecule has 4 nitrogen and oxygen atoms in total. The van der Waals surface area contributed by atoms with Gasteiger partial charge in [-0.25, -0.2) is 0 Å². The van der Waals surface area contributed by atoms with Crippen LogP contribution in [0.5, 0.6) is 11.5 Å². The smallest absolute Gasteiger partial charge is 0.161 e. The summed E-state index contributed by atoms with van der Waals surface area (Å²) in [5.74, 6) is 1.50. The molecule has 0 radical (unpaired) electrons. The highest BCUT2D eigenvalue weighted by Crippen LogP contribution is 2.32. The molecule has 1 aromatic carbocycles. The van der Waals surface area contributed by atoms with E-state index >= 15 is 0 Å². The Morgan fingerprint density at radius 2 is 1.79 bits per heavy atom. The summed E-state index contributed by atoms with van der Waals surface area (Å²) in [6, 6.07) is 7.63. The predicted octanol–water partition coefficient (Wildman–Crippen LogP) is 2.36. The Labute approximate surface area is 114 Å². The summed E-state index contributed by atoms with van der Waals surface area (Å²) in [4.78, 5) is 0. The SMILES string of the molecule is COc1ccccc1OCCOC1(CN)CCCC1. The molecule has 1 aliphatic rings. The van der Waals surface area contributed by atoms with Crippen LogP contribution in [0, 0.1) is 0 Å². The lowest BCUT2D eigenvalue weighted by molar-refractivity contribution is -0.0442. The van der Waals surface area contributed by atoms with Gasteiger partial charge in [-0.1, -0.05) is 25.0 Å². The van der Waals surface area contributed by atoms with E-state index in [0.29, 0.717) is 19.8 Å². The van der Waals surface area contributed by atoms with Gasteiger partial charge in [0, 0.05) is 6.54 Å². The summed E-state index contributed by atoms with van der Waals surface area (Å²) in [5, 5.41) is 0. The average Bonchev–Trinajstić information content (AvgIpc) is 2.93. The van der Waals surface area contributed by atoms with E-state index in [9.17, 15) is 0 Å². The highest BCUT2D eigenvalue weighted by atomic mass is 16.5. The highest BCUT2D eigenvalue weighted by molar-refractivity contribution is 5.39. The van der Waals surface area contributed by atoms with E-state index in [1.807, 2.05) is 24.3 Å². The van der Waals surface area contributed by atoms with Crippen molar-refractivity contribution in [2.75, 3.05) is 26.9 Å². The van der Waals surface area contributed by atoms with Gasteiger partial charge >= 0.3 is 0 Å². The van der Waals surface area contributed by atoms with Gasteiger partial charge in [0.1, 0.15) is 6.61 Å². The van der Waals surface area contributed by atoms with Gasteiger partial charge in [0.15, 0.2) is 11.5 Å². The maximum absolute atomic E-state index is 5.94. The number of hydrogen-bond acceptors (Lipinski definition) is 4. The van der Waals surface area contributed by atoms with Crippen molar-refractivity contribution in [2.24, 2.45) is 5.73 Å². The Bertz CT molecular complexity index is 389. The van der Waals surface area contributed by atoms with Gasteiger partial charge in [-0.3, -0.25) is 0 Å². The molecule has 0 heterocycles. The molecule has 4 heteroatoms.